The van der Waals surface area contributed by atoms with Crippen LogP contribution in [0.2, 0.25) is 0 Å². The van der Waals surface area contributed by atoms with E-state index < -0.39 is 0 Å². The molecule has 8 heteroatoms. The standard InChI is InChI=1S/C24H25BrIN3O3/c1-3-32-21-12-15(11-19(26)22(21)31-2)14-27-29-23(16-7-5-4-6-8-16)28-20-10-9-17(25)13-18(20)24(29)30/h9-14,16H,3-8H2,1-2H3. The average Bonchev–Trinajstić information content (AvgIpc) is 2.79. The first-order valence-electron chi connectivity index (χ1n) is 10.8. The summed E-state index contributed by atoms with van der Waals surface area (Å²) in [6.07, 6.45) is 7.28. The molecule has 0 aliphatic heterocycles. The lowest BCUT2D eigenvalue weighted by molar-refractivity contribution is 0.309. The van der Waals surface area contributed by atoms with E-state index in [9.17, 15) is 4.79 Å². The number of hydrogen-bond acceptors (Lipinski definition) is 5. The topological polar surface area (TPSA) is 65.7 Å². The van der Waals surface area contributed by atoms with Gasteiger partial charge in [0.25, 0.3) is 5.56 Å². The van der Waals surface area contributed by atoms with Crippen LogP contribution in [0.3, 0.4) is 0 Å². The van der Waals surface area contributed by atoms with E-state index in [4.69, 9.17) is 14.5 Å². The van der Waals surface area contributed by atoms with E-state index in [1.807, 2.05) is 37.3 Å². The van der Waals surface area contributed by atoms with Gasteiger partial charge in [-0.1, -0.05) is 35.2 Å². The Kier molecular flexibility index (Phi) is 7.50. The van der Waals surface area contributed by atoms with E-state index in [0.29, 0.717) is 29.0 Å². The minimum absolute atomic E-state index is 0.152. The highest BCUT2D eigenvalue weighted by Gasteiger charge is 2.22. The second-order valence-corrected chi connectivity index (χ2v) is 9.87. The summed E-state index contributed by atoms with van der Waals surface area (Å²) >= 11 is 5.68. The smallest absolute Gasteiger partial charge is 0.282 e. The molecule has 0 spiro atoms. The fraction of sp³-hybridized carbons (Fsp3) is 0.375. The Morgan fingerprint density at radius 1 is 1.25 bits per heavy atom. The number of methoxy groups -OCH3 is 1. The molecule has 6 nitrogen and oxygen atoms in total. The van der Waals surface area contributed by atoms with Crippen molar-refractivity contribution < 1.29 is 9.47 Å². The number of aromatic nitrogens is 2. The highest BCUT2D eigenvalue weighted by Crippen LogP contribution is 2.34. The number of benzene rings is 2. The molecule has 1 heterocycles. The van der Waals surface area contributed by atoms with Gasteiger partial charge in [0.2, 0.25) is 0 Å². The van der Waals surface area contributed by atoms with Crippen LogP contribution in [0.25, 0.3) is 10.9 Å². The molecule has 0 atom stereocenters. The van der Waals surface area contributed by atoms with Crippen molar-refractivity contribution in [1.82, 2.24) is 9.66 Å². The summed E-state index contributed by atoms with van der Waals surface area (Å²) in [6, 6.07) is 9.46. The van der Waals surface area contributed by atoms with Crippen LogP contribution in [0.1, 0.15) is 56.3 Å². The van der Waals surface area contributed by atoms with Crippen molar-refractivity contribution in [3.63, 3.8) is 0 Å². The van der Waals surface area contributed by atoms with Crippen molar-refractivity contribution in [2.24, 2.45) is 5.10 Å². The van der Waals surface area contributed by atoms with Crippen molar-refractivity contribution in [2.75, 3.05) is 13.7 Å². The van der Waals surface area contributed by atoms with Crippen LogP contribution >= 0.6 is 38.5 Å². The Morgan fingerprint density at radius 3 is 2.75 bits per heavy atom. The van der Waals surface area contributed by atoms with Crippen molar-refractivity contribution in [1.29, 1.82) is 0 Å². The minimum atomic E-state index is -0.152. The molecule has 0 N–H and O–H groups in total. The SMILES string of the molecule is CCOc1cc(C=Nn2c(C3CCCCC3)nc3ccc(Br)cc3c2=O)cc(I)c1OC. The van der Waals surface area contributed by atoms with Crippen LogP contribution in [0.15, 0.2) is 44.7 Å². The monoisotopic (exact) mass is 609 g/mol. The lowest BCUT2D eigenvalue weighted by atomic mass is 9.88. The van der Waals surface area contributed by atoms with Gasteiger partial charge in [-0.2, -0.15) is 9.78 Å². The molecule has 1 fully saturated rings. The van der Waals surface area contributed by atoms with E-state index in [2.05, 4.69) is 43.6 Å². The number of fused-ring (bicyclic) bond motifs is 1. The van der Waals surface area contributed by atoms with Crippen molar-refractivity contribution in [3.05, 3.63) is 60.1 Å². The highest BCUT2D eigenvalue weighted by atomic mass is 127. The predicted molar refractivity (Wildman–Crippen MR) is 139 cm³/mol. The average molecular weight is 610 g/mol. The first-order chi connectivity index (χ1) is 15.5. The Bertz CT molecular complexity index is 1220. The van der Waals surface area contributed by atoms with Gasteiger partial charge in [-0.05, 0) is 78.3 Å². The number of hydrogen-bond donors (Lipinski definition) is 0. The third-order valence-corrected chi connectivity index (χ3v) is 6.96. The molecule has 0 radical (unpaired) electrons. The Labute approximate surface area is 209 Å². The normalized spacial score (nSPS) is 14.9. The zero-order valence-corrected chi connectivity index (χ0v) is 21.8. The van der Waals surface area contributed by atoms with E-state index in [1.165, 1.54) is 11.1 Å². The number of rotatable bonds is 6. The van der Waals surface area contributed by atoms with Crippen LogP contribution in [0, 0.1) is 3.57 Å². The van der Waals surface area contributed by atoms with E-state index in [0.717, 1.165) is 45.1 Å². The molecule has 1 saturated carbocycles. The van der Waals surface area contributed by atoms with Gasteiger partial charge in [0.1, 0.15) is 5.82 Å². The Balaban J connectivity index is 1.83. The summed E-state index contributed by atoms with van der Waals surface area (Å²) in [5.41, 5.74) is 1.39. The van der Waals surface area contributed by atoms with Gasteiger partial charge in [-0.3, -0.25) is 4.79 Å². The van der Waals surface area contributed by atoms with Gasteiger partial charge in [0, 0.05) is 10.4 Å². The molecule has 32 heavy (non-hydrogen) atoms. The molecular weight excluding hydrogens is 585 g/mol. The van der Waals surface area contributed by atoms with Crippen molar-refractivity contribution >= 4 is 55.6 Å². The molecule has 0 bridgehead atoms. The third kappa shape index (κ3) is 4.85. The zero-order chi connectivity index (χ0) is 22.7. The van der Waals surface area contributed by atoms with E-state index in [1.54, 1.807) is 13.3 Å². The van der Waals surface area contributed by atoms with Crippen molar-refractivity contribution in [3.8, 4) is 11.5 Å². The maximum absolute atomic E-state index is 13.4. The minimum Gasteiger partial charge on any atom is -0.492 e. The van der Waals surface area contributed by atoms with Crippen LogP contribution in [0.5, 0.6) is 11.5 Å². The fourth-order valence-electron chi connectivity index (χ4n) is 4.15. The molecule has 4 rings (SSSR count). The molecule has 0 saturated heterocycles. The van der Waals surface area contributed by atoms with Crippen LogP contribution in [-0.2, 0) is 0 Å². The Morgan fingerprint density at radius 2 is 2.03 bits per heavy atom. The molecule has 3 aromatic rings. The summed E-state index contributed by atoms with van der Waals surface area (Å²) in [5.74, 6) is 2.33. The largest absolute Gasteiger partial charge is 0.492 e. The van der Waals surface area contributed by atoms with Crippen LogP contribution < -0.4 is 15.0 Å². The van der Waals surface area contributed by atoms with Gasteiger partial charge < -0.3 is 9.47 Å². The number of halogens is 2. The van der Waals surface area contributed by atoms with E-state index in [-0.39, 0.29) is 11.5 Å². The maximum atomic E-state index is 13.4. The summed E-state index contributed by atoms with van der Waals surface area (Å²) in [5, 5.41) is 5.18. The molecule has 168 valence electrons. The predicted octanol–water partition coefficient (Wildman–Crippen LogP) is 6.10. The second-order valence-electron chi connectivity index (χ2n) is 7.80. The summed E-state index contributed by atoms with van der Waals surface area (Å²) in [7, 11) is 1.63. The van der Waals surface area contributed by atoms with Crippen molar-refractivity contribution in [2.45, 2.75) is 44.9 Å². The maximum Gasteiger partial charge on any atom is 0.282 e. The summed E-state index contributed by atoms with van der Waals surface area (Å²) < 4.78 is 14.5. The third-order valence-electron chi connectivity index (χ3n) is 5.66. The second kappa shape index (κ2) is 10.3. The fourth-order valence-corrected chi connectivity index (χ4v) is 5.36. The summed E-state index contributed by atoms with van der Waals surface area (Å²) in [6.45, 7) is 2.46. The molecule has 1 aliphatic carbocycles. The molecule has 0 amide bonds. The molecule has 1 aliphatic rings. The van der Waals surface area contributed by atoms with Gasteiger partial charge in [0.05, 0.1) is 34.4 Å². The first kappa shape index (κ1) is 23.2. The van der Waals surface area contributed by atoms with Crippen LogP contribution in [-0.4, -0.2) is 29.6 Å². The van der Waals surface area contributed by atoms with Gasteiger partial charge in [-0.15, -0.1) is 0 Å². The van der Waals surface area contributed by atoms with Crippen LogP contribution in [0.4, 0.5) is 0 Å². The molecular formula is C24H25BrIN3O3. The lowest BCUT2D eigenvalue weighted by Gasteiger charge is -2.22. The van der Waals surface area contributed by atoms with Gasteiger partial charge in [0.15, 0.2) is 11.5 Å². The quantitative estimate of drug-likeness (QED) is 0.250. The zero-order valence-electron chi connectivity index (χ0n) is 18.1. The number of ether oxygens (including phenoxy) is 2. The summed E-state index contributed by atoms with van der Waals surface area (Å²) in [4.78, 5) is 18.3. The van der Waals surface area contributed by atoms with Gasteiger partial charge >= 0.3 is 0 Å². The lowest BCUT2D eigenvalue weighted by Crippen LogP contribution is -2.25. The Hall–Kier alpha value is -1.94. The van der Waals surface area contributed by atoms with E-state index >= 15 is 0 Å². The highest BCUT2D eigenvalue weighted by molar-refractivity contribution is 14.1. The molecule has 2 aromatic carbocycles. The molecule has 1 aromatic heterocycles. The first-order valence-corrected chi connectivity index (χ1v) is 12.7. The number of nitrogens with zero attached hydrogens (tertiary/aromatic N) is 3. The molecule has 0 unspecified atom stereocenters. The van der Waals surface area contributed by atoms with Gasteiger partial charge in [-0.25, -0.2) is 4.98 Å².